The third kappa shape index (κ3) is 14.0. The molecule has 0 heterocycles. The van der Waals surface area contributed by atoms with Gasteiger partial charge in [0.25, 0.3) is 0 Å². The molecule has 0 aliphatic carbocycles. The topological polar surface area (TPSA) is 17.1 Å². The van der Waals surface area contributed by atoms with E-state index in [0.29, 0.717) is 22.5 Å². The summed E-state index contributed by atoms with van der Waals surface area (Å²) in [5.74, 6) is 0. The summed E-state index contributed by atoms with van der Waals surface area (Å²) in [5, 5.41) is 0. The molecule has 0 aromatic heterocycles. The van der Waals surface area contributed by atoms with Crippen LogP contribution >= 0.6 is 17.8 Å². The quantitative estimate of drug-likeness (QED) is 0.573. The fraction of sp³-hybridized carbons (Fsp3) is 1.00. The first-order valence-electron chi connectivity index (χ1n) is 4.70. The van der Waals surface area contributed by atoms with E-state index in [1.165, 1.54) is 25.7 Å². The maximum atomic E-state index is 8.34. The zero-order valence-corrected chi connectivity index (χ0v) is 15.6. The Balaban J connectivity index is 0. The van der Waals surface area contributed by atoms with E-state index in [-0.39, 0.29) is 0 Å². The van der Waals surface area contributed by atoms with Crippen molar-refractivity contribution in [3.8, 4) is 0 Å². The van der Waals surface area contributed by atoms with Crippen molar-refractivity contribution in [1.82, 2.24) is 0 Å². The zero-order valence-electron chi connectivity index (χ0n) is 8.41. The van der Waals surface area contributed by atoms with Crippen LogP contribution in [0.5, 0.6) is 0 Å². The molecule has 0 fully saturated rings. The molecule has 0 unspecified atom stereocenters. The molecule has 0 saturated carbocycles. The van der Waals surface area contributed by atoms with Crippen LogP contribution in [0.15, 0.2) is 0 Å². The molecule has 0 N–H and O–H groups in total. The second-order valence-electron chi connectivity index (χ2n) is 3.06. The Morgan fingerprint density at radius 2 is 1.31 bits per heavy atom. The van der Waals surface area contributed by atoms with E-state index in [2.05, 4.69) is 13.8 Å². The molecule has 0 bridgehead atoms. The van der Waals surface area contributed by atoms with Crippen molar-refractivity contribution >= 4 is 56.5 Å². The second-order valence-corrected chi connectivity index (χ2v) is 21.8. The molecule has 0 aliphatic heterocycles. The van der Waals surface area contributed by atoms with Crippen molar-refractivity contribution in [3.05, 3.63) is 0 Å². The average molecular weight is 439 g/mol. The molecule has 0 amide bonds. The normalized spacial score (nSPS) is 10.5. The summed E-state index contributed by atoms with van der Waals surface area (Å²) in [5.41, 5.74) is 0. The van der Waals surface area contributed by atoms with Gasteiger partial charge in [0.15, 0.2) is 0 Å². The molecular formula is C8H18Cl2OSn2. The van der Waals surface area contributed by atoms with Crippen LogP contribution in [0.2, 0.25) is 8.87 Å². The van der Waals surface area contributed by atoms with Crippen LogP contribution in [0, 0.1) is 0 Å². The van der Waals surface area contributed by atoms with Gasteiger partial charge in [-0.3, -0.25) is 0 Å². The summed E-state index contributed by atoms with van der Waals surface area (Å²) >= 11 is -2.19. The predicted octanol–water partition coefficient (Wildman–Crippen LogP) is 4.01. The Bertz CT molecular complexity index is 102. The summed E-state index contributed by atoms with van der Waals surface area (Å²) in [6, 6.07) is 0. The van der Waals surface area contributed by atoms with Crippen LogP contribution in [0.25, 0.3) is 0 Å². The Morgan fingerprint density at radius 1 is 1.00 bits per heavy atom. The number of hydrogen-bond donors (Lipinski definition) is 0. The standard InChI is InChI=1S/2C4H9.2ClH.O.2Sn/c2*1-3-4-2;;;;;/h2*1,3-4H2,2H3;2*1H;;;/q;;;;;;+2/p-2. The summed E-state index contributed by atoms with van der Waals surface area (Å²) < 4.78 is 10.6. The zero-order chi connectivity index (χ0) is 10.7. The van der Waals surface area contributed by atoms with Crippen LogP contribution < -0.4 is 0 Å². The Morgan fingerprint density at radius 3 is 1.54 bits per heavy atom. The van der Waals surface area contributed by atoms with Crippen LogP contribution in [-0.4, -0.2) is 38.6 Å². The van der Waals surface area contributed by atoms with E-state index in [0.717, 1.165) is 8.87 Å². The first-order valence-corrected chi connectivity index (χ1v) is 17.1. The van der Waals surface area contributed by atoms with Crippen molar-refractivity contribution in [1.29, 1.82) is 0 Å². The van der Waals surface area contributed by atoms with Gasteiger partial charge in [-0.15, -0.1) is 0 Å². The molecule has 0 aromatic carbocycles. The Kier molecular flexibility index (Phi) is 16.1. The molecule has 13 heavy (non-hydrogen) atoms. The summed E-state index contributed by atoms with van der Waals surface area (Å²) in [6.45, 7) is 4.38. The summed E-state index contributed by atoms with van der Waals surface area (Å²) in [4.78, 5) is 0. The molecule has 0 atom stereocenters. The summed E-state index contributed by atoms with van der Waals surface area (Å²) in [7, 11) is 12.5. The van der Waals surface area contributed by atoms with Gasteiger partial charge in [0, 0.05) is 0 Å². The first kappa shape index (κ1) is 17.4. The van der Waals surface area contributed by atoms with Gasteiger partial charge in [0.05, 0.1) is 0 Å². The molecule has 0 aromatic rings. The van der Waals surface area contributed by atoms with Crippen LogP contribution in [0.1, 0.15) is 39.5 Å². The molecule has 0 saturated heterocycles. The van der Waals surface area contributed by atoms with E-state index >= 15 is 0 Å². The van der Waals surface area contributed by atoms with Gasteiger partial charge in [0.1, 0.15) is 0 Å². The van der Waals surface area contributed by atoms with E-state index in [9.17, 15) is 0 Å². The number of rotatable bonds is 6. The third-order valence-corrected chi connectivity index (χ3v) is 13.1. The van der Waals surface area contributed by atoms with Gasteiger partial charge in [0.2, 0.25) is 0 Å². The van der Waals surface area contributed by atoms with Gasteiger partial charge in [-0.1, -0.05) is 0 Å². The van der Waals surface area contributed by atoms with E-state index < -0.39 is 16.1 Å². The fourth-order valence-electron chi connectivity index (χ4n) is 0.996. The Labute approximate surface area is 107 Å². The average Bonchev–Trinajstić information content (AvgIpc) is 2.15. The molecule has 2 radical (unpaired) electrons. The molecule has 0 aliphatic rings. The van der Waals surface area contributed by atoms with Gasteiger partial charge >= 0.3 is 108 Å². The van der Waals surface area contributed by atoms with Gasteiger partial charge < -0.3 is 0 Å². The van der Waals surface area contributed by atoms with Gasteiger partial charge in [-0.05, 0) is 0 Å². The number of hydrogen-bond acceptors (Lipinski definition) is 1. The SMILES string of the molecule is CCC[CH2][Sn]([Cl])([Cl])[CH2]CCC.[O]=[Sn]. The summed E-state index contributed by atoms with van der Waals surface area (Å²) in [6.07, 6.45) is 4.91. The molecule has 0 spiro atoms. The van der Waals surface area contributed by atoms with E-state index in [4.69, 9.17) is 20.9 Å². The fourth-order valence-corrected chi connectivity index (χ4v) is 10.3. The molecule has 78 valence electrons. The van der Waals surface area contributed by atoms with Gasteiger partial charge in [-0.2, -0.15) is 0 Å². The number of halogens is 2. The van der Waals surface area contributed by atoms with E-state index in [1.807, 2.05) is 0 Å². The van der Waals surface area contributed by atoms with Crippen molar-refractivity contribution in [3.63, 3.8) is 0 Å². The maximum absolute atomic E-state index is 8.34. The minimum atomic E-state index is -2.49. The molecule has 5 heteroatoms. The van der Waals surface area contributed by atoms with Gasteiger partial charge in [-0.25, -0.2) is 0 Å². The number of unbranched alkanes of at least 4 members (excludes halogenated alkanes) is 2. The van der Waals surface area contributed by atoms with E-state index in [1.54, 1.807) is 0 Å². The first-order chi connectivity index (χ1) is 6.12. The van der Waals surface area contributed by atoms with Crippen LogP contribution in [0.4, 0.5) is 0 Å². The Hall–Kier alpha value is 1.98. The van der Waals surface area contributed by atoms with Crippen molar-refractivity contribution < 1.29 is 3.08 Å². The molecular weight excluding hydrogens is 420 g/mol. The van der Waals surface area contributed by atoms with Crippen molar-refractivity contribution in [2.45, 2.75) is 48.4 Å². The van der Waals surface area contributed by atoms with Crippen molar-refractivity contribution in [2.24, 2.45) is 0 Å². The third-order valence-electron chi connectivity index (χ3n) is 1.79. The molecule has 1 nitrogen and oxygen atoms in total. The van der Waals surface area contributed by atoms with Crippen LogP contribution in [0.3, 0.4) is 0 Å². The van der Waals surface area contributed by atoms with Crippen LogP contribution in [-0.2, 0) is 3.08 Å². The predicted molar refractivity (Wildman–Crippen MR) is 63.3 cm³/mol. The second kappa shape index (κ2) is 12.0. The molecule has 0 rings (SSSR count). The van der Waals surface area contributed by atoms with Crippen molar-refractivity contribution in [2.75, 3.05) is 0 Å². The minimum absolute atomic E-state index is 0.300. The monoisotopic (exact) mass is 440 g/mol.